The summed E-state index contributed by atoms with van der Waals surface area (Å²) in [4.78, 5) is 0. The van der Waals surface area contributed by atoms with Crippen LogP contribution in [0.1, 0.15) is 32.6 Å². The molecule has 0 aromatic rings. The fraction of sp³-hybridized carbons (Fsp3) is 0.545. The molecular weight excluding hydrogens is 176 g/mol. The molecule has 76 valence electrons. The molecular formula is C11H16N2O. The zero-order valence-corrected chi connectivity index (χ0v) is 8.75. The number of hydrogen-bond acceptors (Lipinski definition) is 3. The minimum atomic E-state index is 0.696. The Morgan fingerprint density at radius 1 is 1.50 bits per heavy atom. The summed E-state index contributed by atoms with van der Waals surface area (Å²) in [6, 6.07) is 2.10. The zero-order chi connectivity index (χ0) is 10.6. The minimum Gasteiger partial charge on any atom is -0.289 e. The summed E-state index contributed by atoms with van der Waals surface area (Å²) in [5.41, 5.74) is 2.74. The molecule has 1 aliphatic rings. The number of nitrogens with zero attached hydrogens (tertiary/aromatic N) is 2. The van der Waals surface area contributed by atoms with Gasteiger partial charge in [-0.25, -0.2) is 0 Å². The van der Waals surface area contributed by atoms with E-state index in [0.29, 0.717) is 5.57 Å². The lowest BCUT2D eigenvalue weighted by Crippen LogP contribution is -2.16. The van der Waals surface area contributed by atoms with Crippen molar-refractivity contribution in [2.75, 3.05) is 7.05 Å². The van der Waals surface area contributed by atoms with Crippen LogP contribution in [0.5, 0.6) is 0 Å². The van der Waals surface area contributed by atoms with E-state index < -0.39 is 0 Å². The Morgan fingerprint density at radius 2 is 2.14 bits per heavy atom. The Balaban J connectivity index is 2.96. The number of rotatable bonds is 2. The third-order valence-corrected chi connectivity index (χ3v) is 2.44. The molecule has 0 heterocycles. The maximum atomic E-state index is 9.40. The fourth-order valence-electron chi connectivity index (χ4n) is 1.73. The second kappa shape index (κ2) is 4.83. The monoisotopic (exact) mass is 192 g/mol. The van der Waals surface area contributed by atoms with E-state index in [2.05, 4.69) is 6.07 Å². The first-order valence-corrected chi connectivity index (χ1v) is 4.88. The molecule has 0 radical (unpaired) electrons. The summed E-state index contributed by atoms with van der Waals surface area (Å²) in [6.07, 6.45) is 5.99. The molecule has 3 heteroatoms. The summed E-state index contributed by atoms with van der Waals surface area (Å²) in [5, 5.41) is 19.2. The molecule has 0 atom stereocenters. The van der Waals surface area contributed by atoms with Crippen LogP contribution in [0.2, 0.25) is 0 Å². The van der Waals surface area contributed by atoms with Crippen LogP contribution in [0.15, 0.2) is 22.9 Å². The lowest BCUT2D eigenvalue weighted by molar-refractivity contribution is -0.0339. The van der Waals surface area contributed by atoms with E-state index in [1.54, 1.807) is 14.0 Å². The van der Waals surface area contributed by atoms with Crippen molar-refractivity contribution in [1.82, 2.24) is 5.06 Å². The first kappa shape index (κ1) is 10.8. The summed E-state index contributed by atoms with van der Waals surface area (Å²) >= 11 is 0. The molecule has 0 bridgehead atoms. The summed E-state index contributed by atoms with van der Waals surface area (Å²) in [7, 11) is 1.64. The van der Waals surface area contributed by atoms with Crippen molar-refractivity contribution in [3.63, 3.8) is 0 Å². The number of allylic oxidation sites excluding steroid dienone is 4. The first-order valence-electron chi connectivity index (χ1n) is 4.88. The molecule has 1 aliphatic carbocycles. The largest absolute Gasteiger partial charge is 0.289 e. The lowest BCUT2D eigenvalue weighted by atomic mass is 9.95. The van der Waals surface area contributed by atoms with Crippen LogP contribution in [-0.2, 0) is 0 Å². The zero-order valence-electron chi connectivity index (χ0n) is 8.75. The van der Waals surface area contributed by atoms with Crippen LogP contribution in [0.4, 0.5) is 0 Å². The Bertz CT molecular complexity index is 308. The highest BCUT2D eigenvalue weighted by atomic mass is 16.5. The topological polar surface area (TPSA) is 47.3 Å². The molecule has 0 aliphatic heterocycles. The van der Waals surface area contributed by atoms with Gasteiger partial charge in [0.2, 0.25) is 0 Å². The van der Waals surface area contributed by atoms with Crippen LogP contribution in [0.25, 0.3) is 0 Å². The van der Waals surface area contributed by atoms with Crippen molar-refractivity contribution in [1.29, 1.82) is 5.26 Å². The lowest BCUT2D eigenvalue weighted by Gasteiger charge is -2.23. The highest BCUT2D eigenvalue weighted by Gasteiger charge is 2.13. The number of hydroxylamine groups is 2. The van der Waals surface area contributed by atoms with Crippen molar-refractivity contribution in [3.05, 3.63) is 22.9 Å². The van der Waals surface area contributed by atoms with Gasteiger partial charge in [-0.05, 0) is 44.3 Å². The number of nitriles is 1. The maximum absolute atomic E-state index is 9.40. The summed E-state index contributed by atoms with van der Waals surface area (Å²) in [5.74, 6) is 0. The van der Waals surface area contributed by atoms with E-state index in [4.69, 9.17) is 5.26 Å². The van der Waals surface area contributed by atoms with E-state index in [9.17, 15) is 5.21 Å². The second-order valence-electron chi connectivity index (χ2n) is 3.64. The van der Waals surface area contributed by atoms with Gasteiger partial charge in [-0.3, -0.25) is 10.3 Å². The average molecular weight is 192 g/mol. The Hall–Kier alpha value is -1.27. The van der Waals surface area contributed by atoms with Crippen LogP contribution in [-0.4, -0.2) is 17.3 Å². The molecule has 0 amide bonds. The molecule has 0 fully saturated rings. The Kier molecular flexibility index (Phi) is 3.73. The molecule has 14 heavy (non-hydrogen) atoms. The second-order valence-corrected chi connectivity index (χ2v) is 3.64. The van der Waals surface area contributed by atoms with Crippen molar-refractivity contribution in [2.24, 2.45) is 0 Å². The van der Waals surface area contributed by atoms with Gasteiger partial charge in [-0.1, -0.05) is 0 Å². The fourth-order valence-corrected chi connectivity index (χ4v) is 1.73. The molecule has 0 saturated carbocycles. The molecule has 0 saturated heterocycles. The Labute approximate surface area is 84.9 Å². The van der Waals surface area contributed by atoms with Crippen molar-refractivity contribution in [2.45, 2.75) is 32.6 Å². The first-order chi connectivity index (χ1) is 6.65. The van der Waals surface area contributed by atoms with Gasteiger partial charge >= 0.3 is 0 Å². The van der Waals surface area contributed by atoms with Gasteiger partial charge < -0.3 is 0 Å². The molecule has 1 rings (SSSR count). The van der Waals surface area contributed by atoms with Crippen molar-refractivity contribution >= 4 is 0 Å². The van der Waals surface area contributed by atoms with Gasteiger partial charge in [0.25, 0.3) is 0 Å². The van der Waals surface area contributed by atoms with Gasteiger partial charge in [0.15, 0.2) is 0 Å². The molecule has 0 aromatic heterocycles. The molecule has 0 spiro atoms. The van der Waals surface area contributed by atoms with Crippen LogP contribution >= 0.6 is 0 Å². The maximum Gasteiger partial charge on any atom is 0.0944 e. The highest BCUT2D eigenvalue weighted by molar-refractivity contribution is 5.33. The van der Waals surface area contributed by atoms with Gasteiger partial charge in [0.1, 0.15) is 0 Å². The third-order valence-electron chi connectivity index (χ3n) is 2.44. The molecule has 1 N–H and O–H groups in total. The summed E-state index contributed by atoms with van der Waals surface area (Å²) in [6.45, 7) is 1.79. The molecule has 3 nitrogen and oxygen atoms in total. The van der Waals surface area contributed by atoms with Gasteiger partial charge in [-0.2, -0.15) is 5.26 Å². The van der Waals surface area contributed by atoms with Crippen LogP contribution in [0, 0.1) is 11.3 Å². The average Bonchev–Trinajstić information content (AvgIpc) is 2.18. The van der Waals surface area contributed by atoms with Crippen LogP contribution < -0.4 is 0 Å². The normalized spacial score (nSPS) is 18.0. The predicted octanol–water partition coefficient (Wildman–Crippen LogP) is 2.61. The standard InChI is InChI=1S/C11H16N2O/c1-9(8-12)7-10-5-3-4-6-11(10)13(2)14/h7,14H,3-6H2,1-2H3/b9-7+. The molecule has 0 unspecified atom stereocenters. The predicted molar refractivity (Wildman–Crippen MR) is 54.4 cm³/mol. The van der Waals surface area contributed by atoms with E-state index >= 15 is 0 Å². The van der Waals surface area contributed by atoms with E-state index in [1.807, 2.05) is 6.08 Å². The highest BCUT2D eigenvalue weighted by Crippen LogP contribution is 2.27. The van der Waals surface area contributed by atoms with E-state index in [1.165, 1.54) is 5.06 Å². The quantitative estimate of drug-likeness (QED) is 0.540. The van der Waals surface area contributed by atoms with Crippen molar-refractivity contribution < 1.29 is 5.21 Å². The summed E-state index contributed by atoms with van der Waals surface area (Å²) < 4.78 is 0. The van der Waals surface area contributed by atoms with Crippen LogP contribution in [0.3, 0.4) is 0 Å². The SMILES string of the molecule is C/C(C#N)=C\C1=C(N(C)O)CCCC1. The Morgan fingerprint density at radius 3 is 2.71 bits per heavy atom. The van der Waals surface area contributed by atoms with E-state index in [0.717, 1.165) is 37.0 Å². The van der Waals surface area contributed by atoms with E-state index in [-0.39, 0.29) is 0 Å². The van der Waals surface area contributed by atoms with Gasteiger partial charge in [-0.15, -0.1) is 0 Å². The minimum absolute atomic E-state index is 0.696. The molecule has 0 aromatic carbocycles. The van der Waals surface area contributed by atoms with Gasteiger partial charge in [0.05, 0.1) is 6.07 Å². The van der Waals surface area contributed by atoms with Crippen molar-refractivity contribution in [3.8, 4) is 6.07 Å². The van der Waals surface area contributed by atoms with Gasteiger partial charge in [0, 0.05) is 18.3 Å². The third kappa shape index (κ3) is 2.61. The smallest absolute Gasteiger partial charge is 0.0944 e. The number of hydrogen-bond donors (Lipinski definition) is 1.